The van der Waals surface area contributed by atoms with Gasteiger partial charge < -0.3 is 9.47 Å². The largest absolute Gasteiger partial charge is 0.450 e. The molecule has 16 heavy (non-hydrogen) atoms. The van der Waals surface area contributed by atoms with E-state index in [0.29, 0.717) is 5.24 Å². The van der Waals surface area contributed by atoms with Crippen LogP contribution in [-0.2, 0) is 9.47 Å². The zero-order valence-corrected chi connectivity index (χ0v) is 13.9. The summed E-state index contributed by atoms with van der Waals surface area (Å²) in [7, 11) is -2.38. The zero-order chi connectivity index (χ0) is 12.3. The number of hydrogen-bond donors (Lipinski definition) is 0. The average molecular weight is 275 g/mol. The Balaban J connectivity index is 2.26. The van der Waals surface area contributed by atoms with Gasteiger partial charge in [0.1, 0.15) is 12.2 Å². The van der Waals surface area contributed by atoms with E-state index in [0.717, 1.165) is 11.1 Å². The summed E-state index contributed by atoms with van der Waals surface area (Å²) in [4.78, 5) is 0. The summed E-state index contributed by atoms with van der Waals surface area (Å²) < 4.78 is 11.4. The third kappa shape index (κ3) is 1.86. The molecule has 0 N–H and O–H groups in total. The molecule has 2 rings (SSSR count). The fourth-order valence-corrected chi connectivity index (χ4v) is 11.5. The highest BCUT2D eigenvalue weighted by Gasteiger charge is 2.65. The van der Waals surface area contributed by atoms with E-state index >= 15 is 0 Å². The van der Waals surface area contributed by atoms with Crippen molar-refractivity contribution in [2.75, 3.05) is 0 Å². The maximum Gasteiger partial charge on any atom is 0.353 e. The highest BCUT2D eigenvalue weighted by Crippen LogP contribution is 2.60. The molecule has 0 unspecified atom stereocenters. The van der Waals surface area contributed by atoms with Crippen molar-refractivity contribution in [2.45, 2.75) is 62.6 Å². The third-order valence-electron chi connectivity index (χ3n) is 3.88. The Morgan fingerprint density at radius 3 is 1.38 bits per heavy atom. The van der Waals surface area contributed by atoms with Gasteiger partial charge in [-0.1, -0.05) is 39.3 Å². The number of hydrogen-bond acceptors (Lipinski definition) is 3. The van der Waals surface area contributed by atoms with E-state index < -0.39 is 16.1 Å². The Morgan fingerprint density at radius 1 is 0.812 bits per heavy atom. The minimum absolute atomic E-state index is 0.274. The van der Waals surface area contributed by atoms with Crippen molar-refractivity contribution in [3.05, 3.63) is 0 Å². The summed E-state index contributed by atoms with van der Waals surface area (Å²) in [5.74, 6) is 0. The summed E-state index contributed by atoms with van der Waals surface area (Å²) in [5, 5.41) is 0.388. The lowest BCUT2D eigenvalue weighted by atomic mass is 9.90. The van der Waals surface area contributed by atoms with E-state index in [1.807, 2.05) is 0 Å². The van der Waals surface area contributed by atoms with E-state index in [9.17, 15) is 0 Å². The molecule has 0 aromatic rings. The van der Waals surface area contributed by atoms with Gasteiger partial charge in [0, 0.05) is 12.2 Å². The van der Waals surface area contributed by atoms with Crippen molar-refractivity contribution in [3.63, 3.8) is 0 Å². The lowest BCUT2D eigenvalue weighted by Gasteiger charge is -2.55. The molecule has 0 spiro atoms. The predicted octanol–water partition coefficient (Wildman–Crippen LogP) is 3.49. The van der Waals surface area contributed by atoms with Crippen LogP contribution in [0.4, 0.5) is 0 Å². The lowest BCUT2D eigenvalue weighted by Crippen LogP contribution is -2.62. The first-order valence-electron chi connectivity index (χ1n) is 5.99. The van der Waals surface area contributed by atoms with E-state index in [1.165, 1.54) is 0 Å². The second-order valence-electron chi connectivity index (χ2n) is 7.20. The second-order valence-corrected chi connectivity index (χ2v) is 18.3. The van der Waals surface area contributed by atoms with Gasteiger partial charge in [-0.3, -0.25) is 0 Å². The highest BCUT2D eigenvalue weighted by molar-refractivity contribution is 7.79. The monoisotopic (exact) mass is 274 g/mol. The van der Waals surface area contributed by atoms with Crippen LogP contribution in [0.25, 0.3) is 0 Å². The molecule has 1 heterocycles. The molecule has 0 aromatic heterocycles. The summed E-state index contributed by atoms with van der Waals surface area (Å²) in [6, 6.07) is 0. The van der Waals surface area contributed by atoms with Gasteiger partial charge in [-0.2, -0.15) is 0 Å². The van der Waals surface area contributed by atoms with Gasteiger partial charge in [-0.05, 0) is 11.1 Å². The van der Waals surface area contributed by atoms with Gasteiger partial charge in [-0.25, -0.2) is 0 Å². The standard InChI is InChI=1S/C11H22O2SSi2/c1-15(2,3)9-7-8(13-11(14)12-7)10(9)16(4,5)6/h7-10H,1-6H3/t7-,8+,9+,10-. The van der Waals surface area contributed by atoms with Gasteiger partial charge in [0.05, 0.1) is 16.1 Å². The molecule has 5 heteroatoms. The Morgan fingerprint density at radius 2 is 1.12 bits per heavy atom. The molecule has 0 radical (unpaired) electrons. The molecular weight excluding hydrogens is 252 g/mol. The van der Waals surface area contributed by atoms with Crippen LogP contribution in [0, 0.1) is 0 Å². The molecule has 2 nitrogen and oxygen atoms in total. The fraction of sp³-hybridized carbons (Fsp3) is 0.909. The van der Waals surface area contributed by atoms with Gasteiger partial charge in [0.2, 0.25) is 0 Å². The van der Waals surface area contributed by atoms with Crippen LogP contribution in [0.3, 0.4) is 0 Å². The molecule has 0 aromatic carbocycles. The lowest BCUT2D eigenvalue weighted by molar-refractivity contribution is 0.0562. The summed E-state index contributed by atoms with van der Waals surface area (Å²) in [6.45, 7) is 14.6. The van der Waals surface area contributed by atoms with Crippen molar-refractivity contribution >= 4 is 33.6 Å². The summed E-state index contributed by atoms with van der Waals surface area (Å²) >= 11 is 5.05. The molecule has 0 amide bonds. The van der Waals surface area contributed by atoms with Crippen molar-refractivity contribution in [3.8, 4) is 0 Å². The van der Waals surface area contributed by atoms with Crippen LogP contribution in [-0.4, -0.2) is 33.6 Å². The number of rotatable bonds is 2. The Hall–Kier alpha value is 0.124. The minimum Gasteiger partial charge on any atom is -0.450 e. The van der Waals surface area contributed by atoms with Crippen LogP contribution >= 0.6 is 12.2 Å². The van der Waals surface area contributed by atoms with E-state index in [4.69, 9.17) is 21.7 Å². The zero-order valence-electron chi connectivity index (χ0n) is 11.0. The first-order chi connectivity index (χ1) is 7.12. The van der Waals surface area contributed by atoms with Gasteiger partial charge in [-0.15, -0.1) is 0 Å². The molecule has 1 aliphatic heterocycles. The highest BCUT2D eigenvalue weighted by atomic mass is 32.1. The maximum atomic E-state index is 5.69. The van der Waals surface area contributed by atoms with Crippen molar-refractivity contribution < 1.29 is 9.47 Å². The van der Waals surface area contributed by atoms with Crippen molar-refractivity contribution in [2.24, 2.45) is 0 Å². The number of ether oxygens (including phenoxy) is 2. The van der Waals surface area contributed by atoms with Crippen molar-refractivity contribution in [1.82, 2.24) is 0 Å². The molecule has 1 saturated heterocycles. The molecule has 1 saturated carbocycles. The van der Waals surface area contributed by atoms with Crippen molar-refractivity contribution in [1.29, 1.82) is 0 Å². The normalized spacial score (nSPS) is 38.5. The molecular formula is C11H22O2SSi2. The number of fused-ring (bicyclic) bond motifs is 1. The topological polar surface area (TPSA) is 18.5 Å². The molecule has 2 fully saturated rings. The molecule has 1 aliphatic carbocycles. The smallest absolute Gasteiger partial charge is 0.353 e. The maximum absolute atomic E-state index is 5.69. The first-order valence-corrected chi connectivity index (χ1v) is 13.6. The fourth-order valence-electron chi connectivity index (χ4n) is 3.27. The van der Waals surface area contributed by atoms with Gasteiger partial charge >= 0.3 is 5.24 Å². The summed E-state index contributed by atoms with van der Waals surface area (Å²) in [5.41, 5.74) is 1.45. The van der Waals surface area contributed by atoms with Crippen LogP contribution in [0.15, 0.2) is 0 Å². The van der Waals surface area contributed by atoms with Crippen LogP contribution in [0.5, 0.6) is 0 Å². The molecule has 2 aliphatic rings. The minimum atomic E-state index is -1.19. The first kappa shape index (κ1) is 12.6. The molecule has 92 valence electrons. The predicted molar refractivity (Wildman–Crippen MR) is 76.5 cm³/mol. The van der Waals surface area contributed by atoms with E-state index in [1.54, 1.807) is 0 Å². The van der Waals surface area contributed by atoms with E-state index in [2.05, 4.69) is 39.3 Å². The second kappa shape index (κ2) is 3.56. The van der Waals surface area contributed by atoms with Crippen LogP contribution in [0.1, 0.15) is 0 Å². The molecule has 4 atom stereocenters. The quantitative estimate of drug-likeness (QED) is 0.567. The molecule has 0 bridgehead atoms. The van der Waals surface area contributed by atoms with Crippen LogP contribution in [0.2, 0.25) is 50.4 Å². The Labute approximate surface area is 106 Å². The van der Waals surface area contributed by atoms with Gasteiger partial charge in [0.15, 0.2) is 0 Å². The third-order valence-corrected chi connectivity index (χ3v) is 9.78. The van der Waals surface area contributed by atoms with Crippen LogP contribution < -0.4 is 0 Å². The SMILES string of the molecule is C[Si](C)(C)[C@@H]1[C@H]2OC(=S)O[C@H]2[C@@H]1[Si](C)(C)C. The summed E-state index contributed by atoms with van der Waals surface area (Å²) in [6.07, 6.45) is 0.548. The Kier molecular flexibility index (Phi) is 2.80. The number of thiocarbonyl (C=S) groups is 1. The Bertz CT molecular complexity index is 289. The van der Waals surface area contributed by atoms with E-state index in [-0.39, 0.29) is 12.2 Å². The average Bonchev–Trinajstić information content (AvgIpc) is 2.26. The van der Waals surface area contributed by atoms with Gasteiger partial charge in [0.25, 0.3) is 0 Å².